The number of aromatic nitrogens is 1. The normalized spacial score (nSPS) is 11.0. The second kappa shape index (κ2) is 11.0. The van der Waals surface area contributed by atoms with Crippen molar-refractivity contribution in [2.45, 2.75) is 13.0 Å². The Morgan fingerprint density at radius 3 is 2.67 bits per heavy atom. The zero-order valence-electron chi connectivity index (χ0n) is 15.0. The summed E-state index contributed by atoms with van der Waals surface area (Å²) in [5, 5.41) is 9.56. The molecular weight excluding hydrogens is 474 g/mol. The van der Waals surface area contributed by atoms with Gasteiger partial charge >= 0.3 is 0 Å². The average Bonchev–Trinajstić information content (AvgIpc) is 3.14. The lowest BCUT2D eigenvalue weighted by molar-refractivity contribution is 0.625. The number of guanidine groups is 1. The summed E-state index contributed by atoms with van der Waals surface area (Å²) in [6.45, 7) is 1.28. The molecule has 142 valence electrons. The summed E-state index contributed by atoms with van der Waals surface area (Å²) in [6, 6.07) is 16.8. The monoisotopic (exact) mass is 496 g/mol. The molecule has 0 aliphatic heterocycles. The van der Waals surface area contributed by atoms with E-state index in [2.05, 4.69) is 38.1 Å². The van der Waals surface area contributed by atoms with E-state index in [1.165, 1.54) is 6.07 Å². The van der Waals surface area contributed by atoms with Crippen molar-refractivity contribution in [3.05, 3.63) is 77.1 Å². The minimum absolute atomic E-state index is 0. The third kappa shape index (κ3) is 6.59. The van der Waals surface area contributed by atoms with Gasteiger partial charge < -0.3 is 10.6 Å². The van der Waals surface area contributed by atoms with Gasteiger partial charge in [-0.2, -0.15) is 0 Å². The van der Waals surface area contributed by atoms with E-state index in [1.807, 2.05) is 24.3 Å². The second-order valence-corrected chi connectivity index (χ2v) is 6.60. The quantitative estimate of drug-likeness (QED) is 0.301. The molecule has 4 nitrogen and oxygen atoms in total. The molecule has 2 aromatic carbocycles. The van der Waals surface area contributed by atoms with Gasteiger partial charge in [-0.05, 0) is 24.1 Å². The van der Waals surface area contributed by atoms with Crippen molar-refractivity contribution in [1.82, 2.24) is 15.6 Å². The van der Waals surface area contributed by atoms with Gasteiger partial charge in [0.05, 0.1) is 12.2 Å². The van der Waals surface area contributed by atoms with Gasteiger partial charge in [-0.15, -0.1) is 35.3 Å². The molecule has 0 saturated heterocycles. The van der Waals surface area contributed by atoms with Crippen molar-refractivity contribution in [1.29, 1.82) is 0 Å². The number of benzene rings is 2. The predicted molar refractivity (Wildman–Crippen MR) is 121 cm³/mol. The lowest BCUT2D eigenvalue weighted by Crippen LogP contribution is -2.37. The van der Waals surface area contributed by atoms with Crippen LogP contribution in [-0.2, 0) is 13.0 Å². The number of rotatable bonds is 6. The molecule has 0 saturated carbocycles. The van der Waals surface area contributed by atoms with Gasteiger partial charge in [-0.25, -0.2) is 9.37 Å². The van der Waals surface area contributed by atoms with Crippen molar-refractivity contribution < 1.29 is 4.39 Å². The molecule has 0 aliphatic carbocycles. The van der Waals surface area contributed by atoms with E-state index < -0.39 is 0 Å². The highest BCUT2D eigenvalue weighted by molar-refractivity contribution is 14.0. The molecule has 2 N–H and O–H groups in total. The van der Waals surface area contributed by atoms with Crippen LogP contribution in [0.4, 0.5) is 4.39 Å². The summed E-state index contributed by atoms with van der Waals surface area (Å²) in [5.41, 5.74) is 3.06. The summed E-state index contributed by atoms with van der Waals surface area (Å²) in [6.07, 6.45) is 0.729. The van der Waals surface area contributed by atoms with Crippen molar-refractivity contribution >= 4 is 41.3 Å². The molecule has 0 radical (unpaired) electrons. The lowest BCUT2D eigenvalue weighted by Gasteiger charge is -2.11. The largest absolute Gasteiger partial charge is 0.356 e. The van der Waals surface area contributed by atoms with Crippen LogP contribution in [0.2, 0.25) is 0 Å². The van der Waals surface area contributed by atoms with Gasteiger partial charge in [0.2, 0.25) is 0 Å². The third-order valence-corrected chi connectivity index (χ3v) is 4.77. The molecule has 7 heteroatoms. The zero-order valence-corrected chi connectivity index (χ0v) is 18.1. The SMILES string of the molecule is CN=C(NCCc1cccc(F)c1)NCc1csc(-c2ccccc2)n1.I. The highest BCUT2D eigenvalue weighted by Crippen LogP contribution is 2.23. The number of nitrogens with zero attached hydrogens (tertiary/aromatic N) is 2. The lowest BCUT2D eigenvalue weighted by atomic mass is 10.1. The molecule has 1 aromatic heterocycles. The molecule has 0 atom stereocenters. The Morgan fingerprint density at radius 1 is 1.11 bits per heavy atom. The van der Waals surface area contributed by atoms with Crippen molar-refractivity contribution in [3.63, 3.8) is 0 Å². The molecule has 0 unspecified atom stereocenters. The highest BCUT2D eigenvalue weighted by atomic mass is 127. The number of halogens is 2. The van der Waals surface area contributed by atoms with Gasteiger partial charge in [-0.1, -0.05) is 42.5 Å². The Balaban J connectivity index is 0.00000261. The fourth-order valence-corrected chi connectivity index (χ4v) is 3.34. The van der Waals surface area contributed by atoms with Crippen molar-refractivity contribution in [3.8, 4) is 10.6 Å². The number of aliphatic imine (C=N–C) groups is 1. The Hall–Kier alpha value is -2.00. The minimum Gasteiger partial charge on any atom is -0.356 e. The number of hydrogen-bond donors (Lipinski definition) is 2. The first-order chi connectivity index (χ1) is 12.7. The smallest absolute Gasteiger partial charge is 0.191 e. The van der Waals surface area contributed by atoms with Crippen LogP contribution in [0.5, 0.6) is 0 Å². The zero-order chi connectivity index (χ0) is 18.2. The maximum Gasteiger partial charge on any atom is 0.191 e. The van der Waals surface area contributed by atoms with Crippen LogP contribution >= 0.6 is 35.3 Å². The van der Waals surface area contributed by atoms with Crippen LogP contribution in [0.1, 0.15) is 11.3 Å². The molecule has 0 fully saturated rings. The van der Waals surface area contributed by atoms with Gasteiger partial charge in [0.15, 0.2) is 5.96 Å². The summed E-state index contributed by atoms with van der Waals surface area (Å²) in [4.78, 5) is 8.87. The molecule has 3 aromatic rings. The van der Waals surface area contributed by atoms with E-state index in [0.29, 0.717) is 19.0 Å². The Labute approximate surface area is 180 Å². The molecule has 0 bridgehead atoms. The summed E-state index contributed by atoms with van der Waals surface area (Å²) < 4.78 is 13.2. The van der Waals surface area contributed by atoms with Crippen molar-refractivity contribution in [2.24, 2.45) is 4.99 Å². The average molecular weight is 496 g/mol. The molecule has 3 rings (SSSR count). The minimum atomic E-state index is -0.206. The Bertz CT molecular complexity index is 867. The predicted octanol–water partition coefficient (Wildman–Crippen LogP) is 4.47. The first kappa shape index (κ1) is 21.3. The Kier molecular flexibility index (Phi) is 8.66. The maximum atomic E-state index is 13.2. The molecular formula is C20H22FIN4S. The molecule has 0 aliphatic rings. The van der Waals surface area contributed by atoms with Crippen molar-refractivity contribution in [2.75, 3.05) is 13.6 Å². The summed E-state index contributed by atoms with van der Waals surface area (Å²) in [5.74, 6) is 0.499. The summed E-state index contributed by atoms with van der Waals surface area (Å²) >= 11 is 1.63. The third-order valence-electron chi connectivity index (χ3n) is 3.83. The fourth-order valence-electron chi connectivity index (χ4n) is 2.51. The molecule has 27 heavy (non-hydrogen) atoms. The first-order valence-electron chi connectivity index (χ1n) is 8.43. The van der Waals surface area contributed by atoms with Gasteiger partial charge in [0, 0.05) is 24.5 Å². The molecule has 0 amide bonds. The first-order valence-corrected chi connectivity index (χ1v) is 9.31. The topological polar surface area (TPSA) is 49.3 Å². The molecule has 1 heterocycles. The van der Waals surface area contributed by atoms with E-state index in [-0.39, 0.29) is 29.8 Å². The van der Waals surface area contributed by atoms with Crippen LogP contribution in [0.3, 0.4) is 0 Å². The van der Waals surface area contributed by atoms with Crippen LogP contribution < -0.4 is 10.6 Å². The van der Waals surface area contributed by atoms with E-state index in [0.717, 1.165) is 28.2 Å². The fraction of sp³-hybridized carbons (Fsp3) is 0.200. The van der Waals surface area contributed by atoms with Gasteiger partial charge in [0.1, 0.15) is 10.8 Å². The van der Waals surface area contributed by atoms with Gasteiger partial charge in [0.25, 0.3) is 0 Å². The van der Waals surface area contributed by atoms with E-state index in [9.17, 15) is 4.39 Å². The number of hydrogen-bond acceptors (Lipinski definition) is 3. The van der Waals surface area contributed by atoms with Gasteiger partial charge in [-0.3, -0.25) is 4.99 Å². The summed E-state index contributed by atoms with van der Waals surface area (Å²) in [7, 11) is 1.73. The molecule has 0 spiro atoms. The Morgan fingerprint density at radius 2 is 1.93 bits per heavy atom. The maximum absolute atomic E-state index is 13.2. The van der Waals surface area contributed by atoms with E-state index in [1.54, 1.807) is 30.5 Å². The highest BCUT2D eigenvalue weighted by Gasteiger charge is 2.05. The number of nitrogens with one attached hydrogen (secondary N) is 2. The van der Waals surface area contributed by atoms with Crippen LogP contribution in [-0.4, -0.2) is 24.5 Å². The standard InChI is InChI=1S/C20H21FN4S.HI/c1-22-20(23-11-10-15-6-5-9-17(21)12-15)24-13-18-14-26-19(25-18)16-7-3-2-4-8-16;/h2-9,12,14H,10-11,13H2,1H3,(H2,22,23,24);1H. The van der Waals surface area contributed by atoms with E-state index >= 15 is 0 Å². The second-order valence-electron chi connectivity index (χ2n) is 5.74. The number of thiazole rings is 1. The van der Waals surface area contributed by atoms with Crippen LogP contribution in [0.25, 0.3) is 10.6 Å². The van der Waals surface area contributed by atoms with Crippen LogP contribution in [0, 0.1) is 5.82 Å². The van der Waals surface area contributed by atoms with Crippen LogP contribution in [0.15, 0.2) is 65.0 Å². The van der Waals surface area contributed by atoms with E-state index in [4.69, 9.17) is 0 Å².